The molecule has 0 unspecified atom stereocenters. The average Bonchev–Trinajstić information content (AvgIpc) is 2.61. The third-order valence-corrected chi connectivity index (χ3v) is 4.02. The number of phenols is 1. The van der Waals surface area contributed by atoms with Crippen LogP contribution in [0.25, 0.3) is 11.0 Å². The zero-order chi connectivity index (χ0) is 18.0. The Labute approximate surface area is 144 Å². The predicted molar refractivity (Wildman–Crippen MR) is 95.8 cm³/mol. The van der Waals surface area contributed by atoms with E-state index in [2.05, 4.69) is 5.32 Å². The Morgan fingerprint density at radius 3 is 2.64 bits per heavy atom. The summed E-state index contributed by atoms with van der Waals surface area (Å²) in [6.45, 7) is 2.12. The molecule has 0 aliphatic rings. The van der Waals surface area contributed by atoms with Gasteiger partial charge in [0.05, 0.1) is 19.9 Å². The summed E-state index contributed by atoms with van der Waals surface area (Å²) in [6, 6.07) is 10.1. The maximum absolute atomic E-state index is 11.8. The van der Waals surface area contributed by atoms with Crippen molar-refractivity contribution >= 4 is 16.7 Å². The number of aromatic hydroxyl groups is 1. The SMILES string of the molecule is COc1ccc(NCc2cc(=O)oc3cc(C)c(O)cc23)c(OC)c1. The van der Waals surface area contributed by atoms with Crippen LogP contribution in [0.2, 0.25) is 0 Å². The molecule has 0 aliphatic heterocycles. The molecular formula is C19H19NO5. The van der Waals surface area contributed by atoms with Crippen molar-refractivity contribution in [2.75, 3.05) is 19.5 Å². The number of nitrogens with one attached hydrogen (secondary N) is 1. The van der Waals surface area contributed by atoms with E-state index in [1.807, 2.05) is 12.1 Å². The lowest BCUT2D eigenvalue weighted by molar-refractivity contribution is 0.395. The summed E-state index contributed by atoms with van der Waals surface area (Å²) in [5.74, 6) is 1.48. The van der Waals surface area contributed by atoms with E-state index in [-0.39, 0.29) is 5.75 Å². The van der Waals surface area contributed by atoms with Crippen LogP contribution >= 0.6 is 0 Å². The number of phenolic OH excluding ortho intramolecular Hbond substituents is 1. The maximum atomic E-state index is 11.8. The molecule has 0 aliphatic carbocycles. The minimum absolute atomic E-state index is 0.157. The summed E-state index contributed by atoms with van der Waals surface area (Å²) in [5, 5.41) is 13.9. The van der Waals surface area contributed by atoms with Crippen molar-refractivity contribution in [3.8, 4) is 17.2 Å². The molecule has 6 heteroatoms. The molecule has 0 atom stereocenters. The molecule has 1 aromatic heterocycles. The number of anilines is 1. The molecule has 25 heavy (non-hydrogen) atoms. The molecule has 0 saturated heterocycles. The number of hydrogen-bond donors (Lipinski definition) is 2. The second-order valence-corrected chi connectivity index (χ2v) is 5.65. The van der Waals surface area contributed by atoms with Crippen molar-refractivity contribution in [3.05, 3.63) is 57.9 Å². The zero-order valence-electron chi connectivity index (χ0n) is 14.3. The predicted octanol–water partition coefficient (Wildman–Crippen LogP) is 3.44. The third kappa shape index (κ3) is 3.38. The van der Waals surface area contributed by atoms with E-state index in [9.17, 15) is 9.90 Å². The van der Waals surface area contributed by atoms with Gasteiger partial charge in [0.25, 0.3) is 0 Å². The fourth-order valence-corrected chi connectivity index (χ4v) is 2.64. The van der Waals surface area contributed by atoms with Gasteiger partial charge in [-0.2, -0.15) is 0 Å². The second kappa shape index (κ2) is 6.76. The summed E-state index contributed by atoms with van der Waals surface area (Å²) in [6.07, 6.45) is 0. The van der Waals surface area contributed by atoms with Crippen LogP contribution in [-0.4, -0.2) is 19.3 Å². The highest BCUT2D eigenvalue weighted by molar-refractivity contribution is 5.83. The number of hydrogen-bond acceptors (Lipinski definition) is 6. The Kier molecular flexibility index (Phi) is 4.52. The number of ether oxygens (including phenoxy) is 2. The average molecular weight is 341 g/mol. The van der Waals surface area contributed by atoms with Gasteiger partial charge in [-0.05, 0) is 42.3 Å². The van der Waals surface area contributed by atoms with Crippen molar-refractivity contribution < 1.29 is 19.0 Å². The van der Waals surface area contributed by atoms with Gasteiger partial charge >= 0.3 is 5.63 Å². The lowest BCUT2D eigenvalue weighted by atomic mass is 10.1. The zero-order valence-corrected chi connectivity index (χ0v) is 14.3. The molecule has 0 radical (unpaired) electrons. The minimum atomic E-state index is -0.434. The largest absolute Gasteiger partial charge is 0.508 e. The first-order valence-electron chi connectivity index (χ1n) is 7.74. The first-order chi connectivity index (χ1) is 12.0. The molecule has 0 amide bonds. The standard InChI is InChI=1S/C19H19NO5/c1-11-6-17-14(9-16(11)21)12(7-19(22)25-17)10-20-15-5-4-13(23-2)8-18(15)24-3/h4-9,20-21H,10H2,1-3H3. The van der Waals surface area contributed by atoms with Crippen LogP contribution in [0.15, 0.2) is 45.6 Å². The minimum Gasteiger partial charge on any atom is -0.508 e. The fraction of sp³-hybridized carbons (Fsp3) is 0.211. The molecule has 0 bridgehead atoms. The molecule has 0 spiro atoms. The number of aryl methyl sites for hydroxylation is 1. The van der Waals surface area contributed by atoms with Crippen molar-refractivity contribution in [3.63, 3.8) is 0 Å². The van der Waals surface area contributed by atoms with Gasteiger partial charge in [-0.15, -0.1) is 0 Å². The van der Waals surface area contributed by atoms with Crippen LogP contribution < -0.4 is 20.4 Å². The van der Waals surface area contributed by atoms with Gasteiger partial charge in [-0.3, -0.25) is 0 Å². The number of rotatable bonds is 5. The summed E-state index contributed by atoms with van der Waals surface area (Å²) in [4.78, 5) is 11.8. The first kappa shape index (κ1) is 16.7. The van der Waals surface area contributed by atoms with Crippen LogP contribution in [0.1, 0.15) is 11.1 Å². The quantitative estimate of drug-likeness (QED) is 0.692. The van der Waals surface area contributed by atoms with E-state index in [0.29, 0.717) is 34.6 Å². The number of methoxy groups -OCH3 is 2. The Balaban J connectivity index is 1.96. The molecule has 2 aromatic carbocycles. The molecule has 0 saturated carbocycles. The normalized spacial score (nSPS) is 10.7. The van der Waals surface area contributed by atoms with Gasteiger partial charge in [0.1, 0.15) is 22.8 Å². The number of benzene rings is 2. The molecule has 3 rings (SSSR count). The van der Waals surface area contributed by atoms with Crippen molar-refractivity contribution in [1.82, 2.24) is 0 Å². The van der Waals surface area contributed by atoms with E-state index < -0.39 is 5.63 Å². The Morgan fingerprint density at radius 1 is 1.12 bits per heavy atom. The van der Waals surface area contributed by atoms with Crippen LogP contribution in [0.4, 0.5) is 5.69 Å². The van der Waals surface area contributed by atoms with Crippen LogP contribution in [0, 0.1) is 6.92 Å². The van der Waals surface area contributed by atoms with Gasteiger partial charge in [-0.1, -0.05) is 0 Å². The monoisotopic (exact) mass is 341 g/mol. The highest BCUT2D eigenvalue weighted by Crippen LogP contribution is 2.30. The van der Waals surface area contributed by atoms with Crippen molar-refractivity contribution in [1.29, 1.82) is 0 Å². The molecule has 2 N–H and O–H groups in total. The second-order valence-electron chi connectivity index (χ2n) is 5.65. The van der Waals surface area contributed by atoms with E-state index in [4.69, 9.17) is 13.9 Å². The van der Waals surface area contributed by atoms with E-state index in [1.54, 1.807) is 39.3 Å². The lowest BCUT2D eigenvalue weighted by Gasteiger charge is -2.13. The van der Waals surface area contributed by atoms with Crippen LogP contribution in [0.3, 0.4) is 0 Å². The molecule has 1 heterocycles. The molecule has 130 valence electrons. The molecule has 6 nitrogen and oxygen atoms in total. The van der Waals surface area contributed by atoms with Crippen LogP contribution in [0.5, 0.6) is 17.2 Å². The highest BCUT2D eigenvalue weighted by Gasteiger charge is 2.10. The summed E-state index contributed by atoms with van der Waals surface area (Å²) in [5.41, 5.74) is 2.15. The Morgan fingerprint density at radius 2 is 1.92 bits per heavy atom. The van der Waals surface area contributed by atoms with Gasteiger partial charge < -0.3 is 24.3 Å². The fourth-order valence-electron chi connectivity index (χ4n) is 2.64. The number of fused-ring (bicyclic) bond motifs is 1. The third-order valence-electron chi connectivity index (χ3n) is 4.02. The maximum Gasteiger partial charge on any atom is 0.336 e. The van der Waals surface area contributed by atoms with Gasteiger partial charge in [0.15, 0.2) is 0 Å². The van der Waals surface area contributed by atoms with Gasteiger partial charge in [0.2, 0.25) is 0 Å². The first-order valence-corrected chi connectivity index (χ1v) is 7.74. The topological polar surface area (TPSA) is 80.9 Å². The lowest BCUT2D eigenvalue weighted by Crippen LogP contribution is -2.06. The molecule has 3 aromatic rings. The van der Waals surface area contributed by atoms with Crippen molar-refractivity contribution in [2.45, 2.75) is 13.5 Å². The summed E-state index contributed by atoms with van der Waals surface area (Å²) in [7, 11) is 3.17. The Hall–Kier alpha value is -3.15. The summed E-state index contributed by atoms with van der Waals surface area (Å²) >= 11 is 0. The Bertz CT molecular complexity index is 977. The van der Waals surface area contributed by atoms with Crippen molar-refractivity contribution in [2.24, 2.45) is 0 Å². The van der Waals surface area contributed by atoms with E-state index >= 15 is 0 Å². The van der Waals surface area contributed by atoms with Crippen LogP contribution in [-0.2, 0) is 6.54 Å². The smallest absolute Gasteiger partial charge is 0.336 e. The molecular weight excluding hydrogens is 322 g/mol. The van der Waals surface area contributed by atoms with E-state index in [0.717, 1.165) is 11.3 Å². The molecule has 0 fully saturated rings. The van der Waals surface area contributed by atoms with Gasteiger partial charge in [0, 0.05) is 24.1 Å². The van der Waals surface area contributed by atoms with E-state index in [1.165, 1.54) is 6.07 Å². The highest BCUT2D eigenvalue weighted by atomic mass is 16.5. The van der Waals surface area contributed by atoms with Gasteiger partial charge in [-0.25, -0.2) is 4.79 Å². The summed E-state index contributed by atoms with van der Waals surface area (Å²) < 4.78 is 15.8.